The molecule has 3 fully saturated rings. The molecule has 4 N–H and O–H groups in total. The molecule has 0 spiro atoms. The first-order valence-corrected chi connectivity index (χ1v) is 12.4. The molecule has 3 saturated heterocycles. The number of methoxy groups -OCH3 is 1. The highest BCUT2D eigenvalue weighted by atomic mass is 32.2. The quantitative estimate of drug-likeness (QED) is 0.213. The molecule has 3 aliphatic heterocycles. The summed E-state index contributed by atoms with van der Waals surface area (Å²) in [6, 6.07) is -3.04. The molecule has 0 aromatic rings. The van der Waals surface area contributed by atoms with E-state index in [2.05, 4.69) is 25.4 Å². The van der Waals surface area contributed by atoms with Gasteiger partial charge in [-0.15, -0.1) is 0 Å². The van der Waals surface area contributed by atoms with Crippen molar-refractivity contribution in [1.82, 2.24) is 25.6 Å². The van der Waals surface area contributed by atoms with Gasteiger partial charge in [0.05, 0.1) is 31.0 Å². The van der Waals surface area contributed by atoms with Crippen molar-refractivity contribution in [3.8, 4) is 0 Å². The van der Waals surface area contributed by atoms with Crippen LogP contribution in [0.4, 0.5) is 18.0 Å². The van der Waals surface area contributed by atoms with Crippen molar-refractivity contribution in [2.24, 2.45) is 17.3 Å². The molecule has 3 rings (SSSR count). The summed E-state index contributed by atoms with van der Waals surface area (Å²) in [5.74, 6) is -3.78. The van der Waals surface area contributed by atoms with E-state index in [4.69, 9.17) is 0 Å². The second kappa shape index (κ2) is 10.4. The zero-order chi connectivity index (χ0) is 26.1. The standard InChI is InChI=1S/C21H32F3N5O5S/c1-20(2,3)14(27-19(33)34-4)18(32)29-9-11(21(22,23)24)8-13(29)16(31)26-12(17-28-35-17)7-10-5-6-25-15(10)30/h10-14,17,28H,5-9H2,1-4H3,(H,25,30)(H,26,31)(H,27,33)/p+1/t10-,11+,12-,13-,14+,17?/m0/s1. The van der Waals surface area contributed by atoms with Gasteiger partial charge in [0.2, 0.25) is 23.1 Å². The second-order valence-corrected chi connectivity index (χ2v) is 11.3. The molecule has 0 radical (unpaired) electrons. The van der Waals surface area contributed by atoms with Gasteiger partial charge in [-0.25, -0.2) is 4.79 Å². The van der Waals surface area contributed by atoms with Gasteiger partial charge in [-0.1, -0.05) is 25.5 Å². The van der Waals surface area contributed by atoms with Gasteiger partial charge in [0.1, 0.15) is 12.1 Å². The Hall–Kier alpha value is -2.22. The Bertz CT molecular complexity index is 848. The largest absolute Gasteiger partial charge is 0.453 e. The zero-order valence-corrected chi connectivity index (χ0v) is 21.0. The molecule has 4 amide bonds. The van der Waals surface area contributed by atoms with Crippen LogP contribution in [-0.2, 0) is 31.1 Å². The summed E-state index contributed by atoms with van der Waals surface area (Å²) in [5.41, 5.74) is -0.863. The maximum Gasteiger partial charge on any atom is 0.407 e. The molecule has 0 aromatic heterocycles. The van der Waals surface area contributed by atoms with Gasteiger partial charge in [0.25, 0.3) is 0 Å². The Morgan fingerprint density at radius 1 is 1.23 bits per heavy atom. The predicted octanol–water partition coefficient (Wildman–Crippen LogP) is 0.207. The summed E-state index contributed by atoms with van der Waals surface area (Å²) in [7, 11) is 1.11. The minimum Gasteiger partial charge on any atom is -0.453 e. The molecule has 10 nitrogen and oxygen atoms in total. The minimum absolute atomic E-state index is 0.111. The van der Waals surface area contributed by atoms with Crippen LogP contribution >= 0.6 is 0 Å². The van der Waals surface area contributed by atoms with E-state index in [9.17, 15) is 32.3 Å². The number of carbonyl (C=O) groups is 4. The van der Waals surface area contributed by atoms with E-state index in [0.717, 1.165) is 24.0 Å². The fourth-order valence-electron chi connectivity index (χ4n) is 4.50. The molecular formula is C21H33F3N5O5S+. The average molecular weight is 525 g/mol. The molecule has 3 heterocycles. The average Bonchev–Trinajstić information content (AvgIpc) is 3.37. The minimum atomic E-state index is -4.60. The first-order chi connectivity index (χ1) is 16.2. The molecule has 0 aromatic carbocycles. The number of likely N-dealkylation sites (tertiary alicyclic amines) is 1. The van der Waals surface area contributed by atoms with Crippen LogP contribution < -0.4 is 20.7 Å². The molecule has 6 atom stereocenters. The van der Waals surface area contributed by atoms with Gasteiger partial charge in [-0.2, -0.15) is 13.2 Å². The first kappa shape index (κ1) is 27.4. The van der Waals surface area contributed by atoms with Crippen molar-refractivity contribution in [2.45, 2.75) is 69.7 Å². The lowest BCUT2D eigenvalue weighted by Gasteiger charge is -2.35. The second-order valence-electron chi connectivity index (χ2n) is 10.2. The van der Waals surface area contributed by atoms with Crippen molar-refractivity contribution in [3.05, 3.63) is 0 Å². The zero-order valence-electron chi connectivity index (χ0n) is 20.1. The number of carbonyl (C=O) groups excluding carboxylic acids is 4. The van der Waals surface area contributed by atoms with Gasteiger partial charge in [0, 0.05) is 19.0 Å². The molecular weight excluding hydrogens is 491 g/mol. The summed E-state index contributed by atoms with van der Waals surface area (Å²) >= 11 is 0.864. The maximum absolute atomic E-state index is 13.6. The van der Waals surface area contributed by atoms with Gasteiger partial charge < -0.3 is 25.6 Å². The third-order valence-electron chi connectivity index (χ3n) is 6.60. The van der Waals surface area contributed by atoms with Crippen LogP contribution in [0, 0.1) is 17.3 Å². The number of rotatable bonds is 7. The van der Waals surface area contributed by atoms with Gasteiger partial charge in [0.15, 0.2) is 0 Å². The number of alkyl carbamates (subject to hydrolysis) is 1. The topological polar surface area (TPSA) is 139 Å². The third kappa shape index (κ3) is 6.72. The first-order valence-electron chi connectivity index (χ1n) is 11.5. The number of nitrogens with zero attached hydrogens (tertiary/aromatic N) is 1. The summed E-state index contributed by atoms with van der Waals surface area (Å²) < 4.78 is 48.5. The van der Waals surface area contributed by atoms with Crippen LogP contribution in [0.1, 0.15) is 40.0 Å². The molecule has 0 saturated carbocycles. The number of ether oxygens (including phenoxy) is 1. The van der Waals surface area contributed by atoms with Gasteiger partial charge in [-0.05, 0) is 24.7 Å². The highest BCUT2D eigenvalue weighted by molar-refractivity contribution is 7.84. The Morgan fingerprint density at radius 3 is 2.37 bits per heavy atom. The van der Waals surface area contributed by atoms with Crippen molar-refractivity contribution in [2.75, 3.05) is 20.2 Å². The highest BCUT2D eigenvalue weighted by Crippen LogP contribution is 2.38. The van der Waals surface area contributed by atoms with Crippen molar-refractivity contribution in [1.29, 1.82) is 0 Å². The van der Waals surface area contributed by atoms with E-state index in [1.807, 2.05) is 0 Å². The molecule has 1 unspecified atom stereocenters. The number of halogens is 3. The number of amides is 4. The molecule has 3 aliphatic rings. The maximum atomic E-state index is 13.6. The molecule has 0 bridgehead atoms. The summed E-state index contributed by atoms with van der Waals surface area (Å²) in [5, 5.41) is 7.82. The van der Waals surface area contributed by atoms with Crippen molar-refractivity contribution < 1.29 is 37.1 Å². The van der Waals surface area contributed by atoms with Gasteiger partial charge >= 0.3 is 12.3 Å². The summed E-state index contributed by atoms with van der Waals surface area (Å²) in [6.45, 7) is 4.81. The van der Waals surface area contributed by atoms with Crippen molar-refractivity contribution in [3.63, 3.8) is 0 Å². The number of thiol groups is 1. The van der Waals surface area contributed by atoms with Crippen LogP contribution in [0.15, 0.2) is 0 Å². The predicted molar refractivity (Wildman–Crippen MR) is 122 cm³/mol. The SMILES string of the molecule is COC(=O)N[C@H](C(=O)N1C[C@H](C(F)(F)F)C[C@H]1C(=O)N[C@@H](C[C@@H]1CCNC1=O)C1N[SH+]1)C(C)(C)C. The normalized spacial score (nSPS) is 28.2. The van der Waals surface area contributed by atoms with Crippen molar-refractivity contribution >= 4 is 35.8 Å². The fraction of sp³-hybridized carbons (Fsp3) is 0.810. The monoisotopic (exact) mass is 524 g/mol. The lowest BCUT2D eigenvalue weighted by atomic mass is 9.85. The highest BCUT2D eigenvalue weighted by Gasteiger charge is 2.54. The molecule has 0 aliphatic carbocycles. The van der Waals surface area contributed by atoms with E-state index in [1.165, 1.54) is 0 Å². The van der Waals surface area contributed by atoms with Crippen LogP contribution in [0.2, 0.25) is 0 Å². The van der Waals surface area contributed by atoms with E-state index in [-0.39, 0.29) is 17.2 Å². The van der Waals surface area contributed by atoms with Crippen LogP contribution in [0.25, 0.3) is 0 Å². The Morgan fingerprint density at radius 2 is 1.89 bits per heavy atom. The van der Waals surface area contributed by atoms with Crippen LogP contribution in [0.3, 0.4) is 0 Å². The number of hydrogen-bond donors (Lipinski definition) is 4. The lowest BCUT2D eigenvalue weighted by Crippen LogP contribution is -2.58. The number of nitrogens with one attached hydrogen (secondary N) is 4. The number of alkyl halides is 3. The van der Waals surface area contributed by atoms with Crippen LogP contribution in [0.5, 0.6) is 0 Å². The number of hydrogen-bond acceptors (Lipinski definition) is 6. The van der Waals surface area contributed by atoms with E-state index >= 15 is 0 Å². The molecule has 14 heteroatoms. The Labute approximate surface area is 205 Å². The summed E-state index contributed by atoms with van der Waals surface area (Å²) in [6.07, 6.45) is -5.12. The molecule has 198 valence electrons. The van der Waals surface area contributed by atoms with Gasteiger partial charge in [-0.3, -0.25) is 14.4 Å². The van der Waals surface area contributed by atoms with E-state index in [0.29, 0.717) is 19.4 Å². The lowest BCUT2D eigenvalue weighted by molar-refractivity contribution is -0.171. The Balaban J connectivity index is 1.80. The Kier molecular flexibility index (Phi) is 8.14. The van der Waals surface area contributed by atoms with Crippen LogP contribution in [-0.4, -0.2) is 78.6 Å². The van der Waals surface area contributed by atoms with E-state index < -0.39 is 66.5 Å². The summed E-state index contributed by atoms with van der Waals surface area (Å²) in [4.78, 5) is 51.4. The molecule has 35 heavy (non-hydrogen) atoms. The fourth-order valence-corrected chi connectivity index (χ4v) is 5.14. The van der Waals surface area contributed by atoms with E-state index in [1.54, 1.807) is 20.8 Å². The smallest absolute Gasteiger partial charge is 0.407 e. The third-order valence-corrected chi connectivity index (χ3v) is 7.51.